The van der Waals surface area contributed by atoms with E-state index in [-0.39, 0.29) is 0 Å². The van der Waals surface area contributed by atoms with E-state index in [0.29, 0.717) is 0 Å². The molecule has 2 aliphatic heterocycles. The van der Waals surface area contributed by atoms with Gasteiger partial charge in [0, 0.05) is 6.42 Å². The third kappa shape index (κ3) is 2.86. The first-order chi connectivity index (χ1) is 9.34. The Bertz CT molecular complexity index is 439. The van der Waals surface area contributed by atoms with E-state index in [1.807, 2.05) is 0 Å². The van der Waals surface area contributed by atoms with Crippen LogP contribution in [0.5, 0.6) is 11.5 Å². The van der Waals surface area contributed by atoms with Gasteiger partial charge in [0.2, 0.25) is 0 Å². The number of ether oxygens (including phenoxy) is 2. The van der Waals surface area contributed by atoms with E-state index >= 15 is 0 Å². The molecule has 104 valence electrons. The third-order valence-corrected chi connectivity index (χ3v) is 4.18. The fourth-order valence-corrected chi connectivity index (χ4v) is 3.05. The van der Waals surface area contributed by atoms with Gasteiger partial charge in [0.05, 0.1) is 13.2 Å². The minimum atomic E-state index is 0.761. The average Bonchev–Trinajstić information content (AvgIpc) is 2.69. The van der Waals surface area contributed by atoms with Crippen molar-refractivity contribution in [3.05, 3.63) is 23.3 Å². The largest absolute Gasteiger partial charge is 0.490 e. The molecular weight excluding hydrogens is 238 g/mol. The minimum absolute atomic E-state index is 0.761. The van der Waals surface area contributed by atoms with Crippen molar-refractivity contribution in [3.8, 4) is 11.5 Å². The topological polar surface area (TPSA) is 30.5 Å². The molecule has 1 unspecified atom stereocenters. The van der Waals surface area contributed by atoms with E-state index in [2.05, 4.69) is 24.4 Å². The van der Waals surface area contributed by atoms with Gasteiger partial charge in [-0.3, -0.25) is 0 Å². The highest BCUT2D eigenvalue weighted by molar-refractivity contribution is 5.50. The van der Waals surface area contributed by atoms with E-state index in [1.165, 1.54) is 30.5 Å². The van der Waals surface area contributed by atoms with Gasteiger partial charge in [0.1, 0.15) is 0 Å². The van der Waals surface area contributed by atoms with Gasteiger partial charge in [-0.25, -0.2) is 0 Å². The maximum Gasteiger partial charge on any atom is 0.164 e. The molecule has 1 aromatic rings. The molecule has 0 aliphatic carbocycles. The summed E-state index contributed by atoms with van der Waals surface area (Å²) < 4.78 is 11.6. The van der Waals surface area contributed by atoms with Crippen LogP contribution in [0.3, 0.4) is 0 Å². The number of hydrogen-bond donors (Lipinski definition) is 1. The zero-order chi connectivity index (χ0) is 13.1. The average molecular weight is 261 g/mol. The summed E-state index contributed by atoms with van der Waals surface area (Å²) in [5.41, 5.74) is 2.68. The number of hydrogen-bond acceptors (Lipinski definition) is 3. The Morgan fingerprint density at radius 3 is 2.95 bits per heavy atom. The molecular formula is C16H23NO2. The summed E-state index contributed by atoms with van der Waals surface area (Å²) in [4.78, 5) is 0. The molecule has 0 amide bonds. The Labute approximate surface area is 115 Å². The summed E-state index contributed by atoms with van der Waals surface area (Å²) in [6.45, 7) is 6.02. The molecule has 1 saturated heterocycles. The molecule has 0 saturated carbocycles. The van der Waals surface area contributed by atoms with E-state index in [9.17, 15) is 0 Å². The predicted molar refractivity (Wildman–Crippen MR) is 76.1 cm³/mol. The van der Waals surface area contributed by atoms with Crippen molar-refractivity contribution in [1.82, 2.24) is 5.32 Å². The monoisotopic (exact) mass is 261 g/mol. The van der Waals surface area contributed by atoms with Crippen molar-refractivity contribution >= 4 is 0 Å². The molecule has 3 heteroatoms. The van der Waals surface area contributed by atoms with Gasteiger partial charge in [-0.15, -0.1) is 0 Å². The van der Waals surface area contributed by atoms with Crippen molar-refractivity contribution in [3.63, 3.8) is 0 Å². The lowest BCUT2D eigenvalue weighted by atomic mass is 9.90. The lowest BCUT2D eigenvalue weighted by molar-refractivity contribution is 0.296. The smallest absolute Gasteiger partial charge is 0.164 e. The van der Waals surface area contributed by atoms with Gasteiger partial charge < -0.3 is 14.8 Å². The predicted octanol–water partition coefficient (Wildman–Crippen LogP) is 2.70. The van der Waals surface area contributed by atoms with Crippen molar-refractivity contribution in [1.29, 1.82) is 0 Å². The van der Waals surface area contributed by atoms with Crippen LogP contribution in [0.1, 0.15) is 30.4 Å². The fraction of sp³-hybridized carbons (Fsp3) is 0.625. The number of fused-ring (bicyclic) bond motifs is 1. The Morgan fingerprint density at radius 1 is 1.21 bits per heavy atom. The highest BCUT2D eigenvalue weighted by Crippen LogP contribution is 2.36. The molecule has 2 aliphatic rings. The van der Waals surface area contributed by atoms with Crippen molar-refractivity contribution in [2.24, 2.45) is 5.92 Å². The van der Waals surface area contributed by atoms with Crippen molar-refractivity contribution < 1.29 is 9.47 Å². The van der Waals surface area contributed by atoms with Gasteiger partial charge in [-0.2, -0.15) is 0 Å². The number of rotatable bonds is 2. The van der Waals surface area contributed by atoms with Crippen LogP contribution in [0.25, 0.3) is 0 Å². The standard InChI is InChI=1S/C16H23NO2/c1-12-14(10-13-4-2-7-17-11-13)5-6-15-16(12)19-9-3-8-18-15/h5-6,13,17H,2-4,7-11H2,1H3. The first-order valence-corrected chi connectivity index (χ1v) is 7.43. The lowest BCUT2D eigenvalue weighted by Gasteiger charge is -2.24. The van der Waals surface area contributed by atoms with Gasteiger partial charge in [0.25, 0.3) is 0 Å². The Kier molecular flexibility index (Phi) is 3.92. The molecule has 1 N–H and O–H groups in total. The second-order valence-electron chi connectivity index (χ2n) is 5.64. The quantitative estimate of drug-likeness (QED) is 0.888. The molecule has 0 radical (unpaired) electrons. The van der Waals surface area contributed by atoms with Crippen LogP contribution in [-0.2, 0) is 6.42 Å². The van der Waals surface area contributed by atoms with Gasteiger partial charge >= 0.3 is 0 Å². The highest BCUT2D eigenvalue weighted by Gasteiger charge is 2.19. The van der Waals surface area contributed by atoms with E-state index in [4.69, 9.17) is 9.47 Å². The minimum Gasteiger partial charge on any atom is -0.490 e. The van der Waals surface area contributed by atoms with Crippen LogP contribution in [-0.4, -0.2) is 26.3 Å². The molecule has 1 aromatic carbocycles. The van der Waals surface area contributed by atoms with Crippen molar-refractivity contribution in [2.75, 3.05) is 26.3 Å². The molecule has 2 heterocycles. The summed E-state index contributed by atoms with van der Waals surface area (Å²) in [6.07, 6.45) is 4.75. The van der Waals surface area contributed by atoms with Crippen LogP contribution in [0.2, 0.25) is 0 Å². The Balaban J connectivity index is 1.80. The second-order valence-corrected chi connectivity index (χ2v) is 5.64. The van der Waals surface area contributed by atoms with E-state index in [1.54, 1.807) is 0 Å². The van der Waals surface area contributed by atoms with Gasteiger partial charge in [-0.05, 0) is 62.4 Å². The van der Waals surface area contributed by atoms with Crippen LogP contribution in [0.4, 0.5) is 0 Å². The highest BCUT2D eigenvalue weighted by atomic mass is 16.5. The summed E-state index contributed by atoms with van der Waals surface area (Å²) in [6, 6.07) is 4.30. The molecule has 0 aromatic heterocycles. The molecule has 3 rings (SSSR count). The normalized spacial score (nSPS) is 22.9. The molecule has 1 atom stereocenters. The first-order valence-electron chi connectivity index (χ1n) is 7.43. The summed E-state index contributed by atoms with van der Waals surface area (Å²) in [5, 5.41) is 3.49. The Hall–Kier alpha value is -1.22. The summed E-state index contributed by atoms with van der Waals surface area (Å²) in [7, 11) is 0. The molecule has 3 nitrogen and oxygen atoms in total. The van der Waals surface area contributed by atoms with E-state index in [0.717, 1.165) is 50.0 Å². The van der Waals surface area contributed by atoms with Gasteiger partial charge in [0.15, 0.2) is 11.5 Å². The molecule has 0 bridgehead atoms. The Morgan fingerprint density at radius 2 is 2.11 bits per heavy atom. The van der Waals surface area contributed by atoms with Crippen LogP contribution in [0.15, 0.2) is 12.1 Å². The second kappa shape index (κ2) is 5.83. The first kappa shape index (κ1) is 12.8. The lowest BCUT2D eigenvalue weighted by Crippen LogP contribution is -2.31. The fourth-order valence-electron chi connectivity index (χ4n) is 3.05. The van der Waals surface area contributed by atoms with Crippen LogP contribution >= 0.6 is 0 Å². The molecule has 0 spiro atoms. The summed E-state index contributed by atoms with van der Waals surface area (Å²) >= 11 is 0. The van der Waals surface area contributed by atoms with Crippen molar-refractivity contribution in [2.45, 2.75) is 32.6 Å². The van der Waals surface area contributed by atoms with Crippen LogP contribution < -0.4 is 14.8 Å². The van der Waals surface area contributed by atoms with Crippen LogP contribution in [0, 0.1) is 12.8 Å². The third-order valence-electron chi connectivity index (χ3n) is 4.18. The number of benzene rings is 1. The SMILES string of the molecule is Cc1c(CC2CCCNC2)ccc2c1OCCCO2. The van der Waals surface area contributed by atoms with Gasteiger partial charge in [-0.1, -0.05) is 6.07 Å². The zero-order valence-corrected chi connectivity index (χ0v) is 11.7. The van der Waals surface area contributed by atoms with E-state index < -0.39 is 0 Å². The maximum atomic E-state index is 5.87. The molecule has 19 heavy (non-hydrogen) atoms. The number of nitrogens with one attached hydrogen (secondary N) is 1. The maximum absolute atomic E-state index is 5.87. The summed E-state index contributed by atoms with van der Waals surface area (Å²) in [5.74, 6) is 2.65. The number of piperidine rings is 1. The zero-order valence-electron chi connectivity index (χ0n) is 11.7. The molecule has 1 fully saturated rings.